The molecule has 0 aromatic heterocycles. The molecular weight excluding hydrogens is 448 g/mol. The fourth-order valence-corrected chi connectivity index (χ4v) is 7.62. The van der Waals surface area contributed by atoms with E-state index in [2.05, 4.69) is 134 Å². The molecule has 0 aliphatic carbocycles. The molecule has 0 aromatic carbocycles. The van der Waals surface area contributed by atoms with Crippen molar-refractivity contribution in [1.82, 2.24) is 9.80 Å². The van der Waals surface area contributed by atoms with Gasteiger partial charge < -0.3 is 0 Å². The van der Waals surface area contributed by atoms with Crippen LogP contribution in [0.3, 0.4) is 0 Å². The van der Waals surface area contributed by atoms with E-state index in [1.54, 1.807) is 0 Å². The molecule has 37 heavy (non-hydrogen) atoms. The first-order valence-electron chi connectivity index (χ1n) is 15.7. The average Bonchev–Trinajstić information content (AvgIpc) is 2.89. The van der Waals surface area contributed by atoms with Crippen LogP contribution in [0.15, 0.2) is 0 Å². The summed E-state index contributed by atoms with van der Waals surface area (Å²) in [6, 6.07) is 1.36. The minimum absolute atomic E-state index is 0.270. The normalized spacial score (nSPS) is 28.4. The zero-order chi connectivity index (χ0) is 29.4. The van der Waals surface area contributed by atoms with E-state index in [1.807, 2.05) is 0 Å². The fourth-order valence-electron chi connectivity index (χ4n) is 7.62. The first-order chi connectivity index (χ1) is 16.2. The van der Waals surface area contributed by atoms with Gasteiger partial charge in [0.25, 0.3) is 0 Å². The molecule has 0 amide bonds. The van der Waals surface area contributed by atoms with E-state index in [9.17, 15) is 0 Å². The maximum atomic E-state index is 2.80. The van der Waals surface area contributed by atoms with E-state index >= 15 is 0 Å². The second-order valence-electron chi connectivity index (χ2n) is 18.9. The lowest BCUT2D eigenvalue weighted by Gasteiger charge is -2.56. The van der Waals surface area contributed by atoms with Crippen LogP contribution in [-0.2, 0) is 0 Å². The van der Waals surface area contributed by atoms with Crippen molar-refractivity contribution in [2.75, 3.05) is 13.1 Å². The Labute approximate surface area is 236 Å². The van der Waals surface area contributed by atoms with Crippen LogP contribution in [0.5, 0.6) is 0 Å². The molecule has 0 spiro atoms. The average molecular weight is 521 g/mol. The van der Waals surface area contributed by atoms with Crippen molar-refractivity contribution in [1.29, 1.82) is 0 Å². The number of hydrogen-bond donors (Lipinski definition) is 0. The highest BCUT2D eigenvalue weighted by Gasteiger charge is 2.47. The maximum absolute atomic E-state index is 2.80. The molecule has 0 radical (unpaired) electrons. The summed E-state index contributed by atoms with van der Waals surface area (Å²) >= 11 is 0. The van der Waals surface area contributed by atoms with Gasteiger partial charge in [0, 0.05) is 23.2 Å². The van der Waals surface area contributed by atoms with E-state index in [0.717, 1.165) is 11.8 Å². The van der Waals surface area contributed by atoms with Crippen LogP contribution in [0.25, 0.3) is 0 Å². The molecule has 222 valence electrons. The minimum atomic E-state index is 0.270. The van der Waals surface area contributed by atoms with Crippen LogP contribution in [-0.4, -0.2) is 46.1 Å². The molecule has 2 aliphatic heterocycles. The zero-order valence-corrected chi connectivity index (χ0v) is 29.2. The van der Waals surface area contributed by atoms with Gasteiger partial charge in [0.1, 0.15) is 0 Å². The Bertz CT molecular complexity index is 632. The number of hydrogen-bond acceptors (Lipinski definition) is 2. The Hall–Kier alpha value is -0.0800. The standard InChI is InChI=1S/C18H37N.C17H35N/c1-16(2,3)14-12-10-11-13-19(18(7,8)9)15(14)17(4,5)6;1-15(2,3)13-11-10-12-18(17(7,8)9)14(13)16(4,5)6/h14-15H,10-13H2,1-9H3;13-14H,10-12H2,1-9H3. The maximum Gasteiger partial charge on any atom is 0.0182 e. The molecule has 0 saturated carbocycles. The van der Waals surface area contributed by atoms with Gasteiger partial charge in [-0.3, -0.25) is 9.80 Å². The fraction of sp³-hybridized carbons (Fsp3) is 1.00. The Kier molecular flexibility index (Phi) is 11.1. The molecule has 0 bridgehead atoms. The van der Waals surface area contributed by atoms with Crippen molar-refractivity contribution < 1.29 is 0 Å². The van der Waals surface area contributed by atoms with Crippen LogP contribution >= 0.6 is 0 Å². The molecule has 2 heteroatoms. The smallest absolute Gasteiger partial charge is 0.0182 e. The number of rotatable bonds is 0. The third-order valence-electron chi connectivity index (χ3n) is 9.23. The van der Waals surface area contributed by atoms with Gasteiger partial charge in [-0.05, 0) is 114 Å². The number of nitrogens with zero attached hydrogens (tertiary/aromatic N) is 2. The summed E-state index contributed by atoms with van der Waals surface area (Å²) in [4.78, 5) is 5.57. The minimum Gasteiger partial charge on any atom is -0.295 e. The Balaban J connectivity index is 0.000000371. The molecule has 0 aromatic rings. The van der Waals surface area contributed by atoms with Gasteiger partial charge in [-0.1, -0.05) is 89.5 Å². The highest BCUT2D eigenvalue weighted by molar-refractivity contribution is 5.00. The van der Waals surface area contributed by atoms with E-state index in [-0.39, 0.29) is 11.1 Å². The molecule has 4 atom stereocenters. The van der Waals surface area contributed by atoms with E-state index in [0.29, 0.717) is 33.7 Å². The molecule has 2 fully saturated rings. The Morgan fingerprint density at radius 3 is 0.946 bits per heavy atom. The molecule has 2 heterocycles. The highest BCUT2D eigenvalue weighted by atomic mass is 15.2. The van der Waals surface area contributed by atoms with Crippen molar-refractivity contribution in [2.45, 2.75) is 180 Å². The molecule has 2 aliphatic rings. The van der Waals surface area contributed by atoms with Crippen molar-refractivity contribution in [3.63, 3.8) is 0 Å². The lowest BCUT2D eigenvalue weighted by Crippen LogP contribution is -2.61. The predicted octanol–water partition coefficient (Wildman–Crippen LogP) is 10.3. The lowest BCUT2D eigenvalue weighted by molar-refractivity contribution is -0.0707. The van der Waals surface area contributed by atoms with Gasteiger partial charge in [-0.2, -0.15) is 0 Å². The summed E-state index contributed by atoms with van der Waals surface area (Å²) < 4.78 is 0. The summed E-state index contributed by atoms with van der Waals surface area (Å²) in [5.74, 6) is 1.58. The van der Waals surface area contributed by atoms with Crippen molar-refractivity contribution in [3.05, 3.63) is 0 Å². The largest absolute Gasteiger partial charge is 0.295 e. The number of piperidine rings is 1. The van der Waals surface area contributed by atoms with Crippen molar-refractivity contribution >= 4 is 0 Å². The molecule has 2 nitrogen and oxygen atoms in total. The van der Waals surface area contributed by atoms with Gasteiger partial charge in [0.2, 0.25) is 0 Å². The van der Waals surface area contributed by atoms with Gasteiger partial charge in [0.15, 0.2) is 0 Å². The summed E-state index contributed by atoms with van der Waals surface area (Å²) in [6.45, 7) is 45.9. The zero-order valence-electron chi connectivity index (χ0n) is 29.2. The first kappa shape index (κ1) is 34.9. The third kappa shape index (κ3) is 9.81. The van der Waals surface area contributed by atoms with Crippen LogP contribution in [0.2, 0.25) is 0 Å². The summed E-state index contributed by atoms with van der Waals surface area (Å²) in [6.07, 6.45) is 6.87. The quantitative estimate of drug-likeness (QED) is 0.313. The van der Waals surface area contributed by atoms with Crippen molar-refractivity contribution in [3.8, 4) is 0 Å². The molecule has 2 saturated heterocycles. The topological polar surface area (TPSA) is 6.48 Å². The molecule has 0 N–H and O–H groups in total. The van der Waals surface area contributed by atoms with Crippen LogP contribution in [0.1, 0.15) is 157 Å². The third-order valence-corrected chi connectivity index (χ3v) is 9.23. The lowest BCUT2D eigenvalue weighted by atomic mass is 9.63. The van der Waals surface area contributed by atoms with Crippen molar-refractivity contribution in [2.24, 2.45) is 33.5 Å². The highest BCUT2D eigenvalue weighted by Crippen LogP contribution is 2.47. The van der Waals surface area contributed by atoms with Gasteiger partial charge in [0.05, 0.1) is 0 Å². The molecular formula is C35H72N2. The van der Waals surface area contributed by atoms with Crippen LogP contribution < -0.4 is 0 Å². The van der Waals surface area contributed by atoms with Gasteiger partial charge in [-0.15, -0.1) is 0 Å². The van der Waals surface area contributed by atoms with Gasteiger partial charge >= 0.3 is 0 Å². The Morgan fingerprint density at radius 2 is 0.676 bits per heavy atom. The number of likely N-dealkylation sites (tertiary alicyclic amines) is 2. The monoisotopic (exact) mass is 521 g/mol. The molecule has 2 rings (SSSR count). The van der Waals surface area contributed by atoms with E-state index in [4.69, 9.17) is 0 Å². The summed E-state index contributed by atoms with van der Waals surface area (Å²) in [5, 5.41) is 0. The Morgan fingerprint density at radius 1 is 0.378 bits per heavy atom. The SMILES string of the molecule is CC(C)(C)C1CCCCN(C(C)(C)C)C1C(C)(C)C.CC(C)(C)C1CCCN(C(C)(C)C)C1C(C)(C)C. The van der Waals surface area contributed by atoms with E-state index < -0.39 is 0 Å². The predicted molar refractivity (Wildman–Crippen MR) is 168 cm³/mol. The first-order valence-corrected chi connectivity index (χ1v) is 15.7. The van der Waals surface area contributed by atoms with Crippen LogP contribution in [0.4, 0.5) is 0 Å². The second kappa shape index (κ2) is 11.8. The summed E-state index contributed by atoms with van der Waals surface area (Å²) in [7, 11) is 0. The second-order valence-corrected chi connectivity index (χ2v) is 18.9. The van der Waals surface area contributed by atoms with Gasteiger partial charge in [-0.25, -0.2) is 0 Å². The summed E-state index contributed by atoms with van der Waals surface area (Å²) in [5.41, 5.74) is 2.04. The molecule has 4 unspecified atom stereocenters. The van der Waals surface area contributed by atoms with E-state index in [1.165, 1.54) is 45.2 Å². The van der Waals surface area contributed by atoms with Crippen LogP contribution in [0, 0.1) is 33.5 Å².